The van der Waals surface area contributed by atoms with Crippen molar-refractivity contribution in [2.45, 2.75) is 32.3 Å². The normalized spacial score (nSPS) is 19.7. The van der Waals surface area contributed by atoms with E-state index in [1.54, 1.807) is 13.0 Å². The van der Waals surface area contributed by atoms with E-state index in [9.17, 15) is 40.6 Å². The van der Waals surface area contributed by atoms with Crippen LogP contribution in [-0.2, 0) is 17.6 Å². The minimum Gasteiger partial charge on any atom is -0.489 e. The molecule has 1 fully saturated rings. The first kappa shape index (κ1) is 28.5. The van der Waals surface area contributed by atoms with Crippen molar-refractivity contribution >= 4 is 12.0 Å². The molecule has 212 valence electrons. The predicted molar refractivity (Wildman–Crippen MR) is 124 cm³/mol. The van der Waals surface area contributed by atoms with Gasteiger partial charge in [-0.1, -0.05) is 6.07 Å². The highest BCUT2D eigenvalue weighted by molar-refractivity contribution is 5.75. The monoisotopic (exact) mass is 563 g/mol. The van der Waals surface area contributed by atoms with Gasteiger partial charge in [0.2, 0.25) is 0 Å². The Labute approximate surface area is 218 Å². The molecule has 6 nitrogen and oxygen atoms in total. The van der Waals surface area contributed by atoms with Crippen LogP contribution in [0.25, 0.3) is 6.08 Å². The average Bonchev–Trinajstić information content (AvgIpc) is 3.23. The number of carboxylic acids is 1. The van der Waals surface area contributed by atoms with Crippen molar-refractivity contribution in [3.63, 3.8) is 0 Å². The molecule has 1 saturated heterocycles. The summed E-state index contributed by atoms with van der Waals surface area (Å²) in [4.78, 5) is 13.4. The maximum atomic E-state index is 14.9. The van der Waals surface area contributed by atoms with Crippen LogP contribution in [-0.4, -0.2) is 55.0 Å². The Morgan fingerprint density at radius 3 is 2.49 bits per heavy atom. The summed E-state index contributed by atoms with van der Waals surface area (Å²) in [5.74, 6) is -2.21. The molecule has 2 aromatic rings. The number of ether oxygens (including phenoxy) is 3. The summed E-state index contributed by atoms with van der Waals surface area (Å²) in [6.45, 7) is 0.687. The molecule has 0 amide bonds. The lowest BCUT2D eigenvalue weighted by molar-refractivity contribution is -0.153. The van der Waals surface area contributed by atoms with E-state index < -0.39 is 54.1 Å². The molecule has 1 N–H and O–H groups in total. The minimum absolute atomic E-state index is 0.105. The highest BCUT2D eigenvalue weighted by Gasteiger charge is 2.40. The number of alkyl halides is 6. The largest absolute Gasteiger partial charge is 0.489 e. The van der Waals surface area contributed by atoms with E-state index >= 15 is 0 Å². The zero-order chi connectivity index (χ0) is 28.6. The quantitative estimate of drug-likeness (QED) is 0.402. The van der Waals surface area contributed by atoms with Gasteiger partial charge in [0.05, 0.1) is 16.5 Å². The zero-order valence-corrected chi connectivity index (χ0v) is 20.6. The number of aliphatic carboxylic acids is 1. The minimum atomic E-state index is -4.90. The summed E-state index contributed by atoms with van der Waals surface area (Å²) in [5, 5.41) is 9.39. The Balaban J connectivity index is 1.45. The third kappa shape index (κ3) is 6.94. The van der Waals surface area contributed by atoms with Gasteiger partial charge < -0.3 is 19.3 Å². The Morgan fingerprint density at radius 2 is 1.85 bits per heavy atom. The first-order valence-electron chi connectivity index (χ1n) is 11.8. The molecule has 0 spiro atoms. The van der Waals surface area contributed by atoms with Crippen molar-refractivity contribution < 1.29 is 54.8 Å². The van der Waals surface area contributed by atoms with Crippen molar-refractivity contribution in [1.29, 1.82) is 0 Å². The summed E-state index contributed by atoms with van der Waals surface area (Å²) in [5.41, 5.74) is -1.63. The molecule has 0 radical (unpaired) electrons. The molecule has 0 saturated carbocycles. The number of hydrogen-bond acceptors (Lipinski definition) is 5. The average molecular weight is 563 g/mol. The number of nitrogens with zero attached hydrogens (tertiary/aromatic N) is 1. The molecule has 13 heteroatoms. The fraction of sp³-hybridized carbons (Fsp3) is 0.423. The van der Waals surface area contributed by atoms with Gasteiger partial charge in [0.15, 0.2) is 6.61 Å². The molecule has 0 bridgehead atoms. The van der Waals surface area contributed by atoms with Gasteiger partial charge in [-0.25, -0.2) is 4.39 Å². The molecule has 2 aliphatic heterocycles. The van der Waals surface area contributed by atoms with Gasteiger partial charge in [0.1, 0.15) is 36.3 Å². The molecule has 1 atom stereocenters. The fourth-order valence-corrected chi connectivity index (χ4v) is 4.43. The fourth-order valence-electron chi connectivity index (χ4n) is 4.43. The van der Waals surface area contributed by atoms with Crippen LogP contribution in [0.3, 0.4) is 0 Å². The second-order valence-corrected chi connectivity index (χ2v) is 9.74. The smallest absolute Gasteiger partial charge is 0.422 e. The van der Waals surface area contributed by atoms with Crippen LogP contribution in [0.5, 0.6) is 17.2 Å². The van der Waals surface area contributed by atoms with Crippen molar-refractivity contribution in [1.82, 2.24) is 4.90 Å². The van der Waals surface area contributed by atoms with Gasteiger partial charge in [0, 0.05) is 30.8 Å². The third-order valence-corrected chi connectivity index (χ3v) is 6.51. The lowest BCUT2D eigenvalue weighted by atomic mass is 9.90. The van der Waals surface area contributed by atoms with Gasteiger partial charge in [-0.05, 0) is 43.7 Å². The van der Waals surface area contributed by atoms with Crippen molar-refractivity contribution in [2.24, 2.45) is 5.41 Å². The summed E-state index contributed by atoms with van der Waals surface area (Å²) < 4.78 is 108. The van der Waals surface area contributed by atoms with Crippen LogP contribution in [0.1, 0.15) is 30.0 Å². The van der Waals surface area contributed by atoms with Crippen molar-refractivity contribution in [3.8, 4) is 17.2 Å². The van der Waals surface area contributed by atoms with Gasteiger partial charge >= 0.3 is 18.3 Å². The van der Waals surface area contributed by atoms with Crippen molar-refractivity contribution in [3.05, 3.63) is 58.4 Å². The molecule has 1 unspecified atom stereocenters. The maximum Gasteiger partial charge on any atom is 0.422 e. The molecule has 2 heterocycles. The lowest BCUT2D eigenvalue weighted by Gasteiger charge is -2.24. The number of carboxylic acid groups (broad SMARTS) is 1. The van der Waals surface area contributed by atoms with E-state index in [0.717, 1.165) is 23.8 Å². The highest BCUT2D eigenvalue weighted by atomic mass is 19.4. The summed E-state index contributed by atoms with van der Waals surface area (Å²) >= 11 is 0. The van der Waals surface area contributed by atoms with Crippen LogP contribution in [0, 0.1) is 11.2 Å². The second-order valence-electron chi connectivity index (χ2n) is 9.74. The Morgan fingerprint density at radius 1 is 1.10 bits per heavy atom. The molecule has 2 aromatic carbocycles. The Bertz CT molecular complexity index is 1270. The maximum absolute atomic E-state index is 14.9. The molecule has 2 aliphatic rings. The van der Waals surface area contributed by atoms with Crippen LogP contribution in [0.2, 0.25) is 0 Å². The number of rotatable bonds is 8. The lowest BCUT2D eigenvalue weighted by Crippen LogP contribution is -2.33. The first-order chi connectivity index (χ1) is 18.1. The molecule has 0 aromatic heterocycles. The van der Waals surface area contributed by atoms with Crippen LogP contribution >= 0.6 is 0 Å². The van der Waals surface area contributed by atoms with E-state index in [2.05, 4.69) is 4.74 Å². The predicted octanol–water partition coefficient (Wildman–Crippen LogP) is 5.94. The number of likely N-dealkylation sites (tertiary alicyclic amines) is 1. The number of halogens is 7. The Kier molecular flexibility index (Phi) is 7.75. The van der Waals surface area contributed by atoms with Crippen LogP contribution in [0.4, 0.5) is 30.7 Å². The van der Waals surface area contributed by atoms with Gasteiger partial charge in [-0.2, -0.15) is 26.3 Å². The molecular formula is C26H24F7NO5. The number of carbonyl (C=O) groups is 1. The van der Waals surface area contributed by atoms with Crippen molar-refractivity contribution in [2.75, 3.05) is 32.8 Å². The van der Waals surface area contributed by atoms with E-state index in [-0.39, 0.29) is 29.2 Å². The van der Waals surface area contributed by atoms with Crippen LogP contribution < -0.4 is 14.2 Å². The standard InChI is InChI=1S/C26H24F7NO5/c1-24(23(35)36)4-5-34(13-24)10-15-6-19-21(27)8-18(9-22(19)38-11-15)37-12-16-2-3-17(39-14-25(28,29)30)7-20(16)26(31,32)33/h2-3,6-9H,4-5,10-14H2,1H3,(H,35,36). The summed E-state index contributed by atoms with van der Waals surface area (Å²) in [6.07, 6.45) is -7.54. The Hall–Kier alpha value is -3.48. The number of fused-ring (bicyclic) bond motifs is 1. The van der Waals surface area contributed by atoms with E-state index in [0.29, 0.717) is 32.1 Å². The molecular weight excluding hydrogens is 539 g/mol. The summed E-state index contributed by atoms with van der Waals surface area (Å²) in [6, 6.07) is 4.67. The van der Waals surface area contributed by atoms with E-state index in [4.69, 9.17) is 9.47 Å². The number of benzene rings is 2. The first-order valence-corrected chi connectivity index (χ1v) is 11.8. The molecule has 39 heavy (non-hydrogen) atoms. The summed E-state index contributed by atoms with van der Waals surface area (Å²) in [7, 11) is 0. The van der Waals surface area contributed by atoms with Gasteiger partial charge in [-0.15, -0.1) is 0 Å². The second kappa shape index (κ2) is 10.6. The van der Waals surface area contributed by atoms with E-state index in [1.807, 2.05) is 4.90 Å². The third-order valence-electron chi connectivity index (χ3n) is 6.51. The van der Waals surface area contributed by atoms with Crippen LogP contribution in [0.15, 0.2) is 35.9 Å². The topological polar surface area (TPSA) is 68.2 Å². The number of hydrogen-bond donors (Lipinski definition) is 1. The molecule has 4 rings (SSSR count). The zero-order valence-electron chi connectivity index (χ0n) is 20.6. The van der Waals surface area contributed by atoms with Gasteiger partial charge in [0.25, 0.3) is 0 Å². The SMILES string of the molecule is CC1(C(=O)O)CCN(CC2=Cc3c(F)cc(OCc4ccc(OCC(F)(F)F)cc4C(F)(F)F)cc3OC2)C1. The van der Waals surface area contributed by atoms with E-state index in [1.165, 1.54) is 6.07 Å². The van der Waals surface area contributed by atoms with Gasteiger partial charge in [-0.3, -0.25) is 9.69 Å². The molecule has 0 aliphatic carbocycles. The highest BCUT2D eigenvalue weighted by Crippen LogP contribution is 2.38.